The second-order valence-corrected chi connectivity index (χ2v) is 5.66. The summed E-state index contributed by atoms with van der Waals surface area (Å²) in [6.45, 7) is 3.69. The van der Waals surface area contributed by atoms with Crippen LogP contribution in [0.4, 0.5) is 0 Å². The molecule has 2 rings (SSSR count). The lowest BCUT2D eigenvalue weighted by molar-refractivity contribution is -0.148. The van der Waals surface area contributed by atoms with Gasteiger partial charge in [-0.3, -0.25) is 4.79 Å². The average Bonchev–Trinajstić information content (AvgIpc) is 3.05. The molecule has 2 aromatic rings. The van der Waals surface area contributed by atoms with E-state index in [-0.39, 0.29) is 18.3 Å². The maximum absolute atomic E-state index is 12.2. The molecule has 7 heteroatoms. The Kier molecular flexibility index (Phi) is 5.76. The summed E-state index contributed by atoms with van der Waals surface area (Å²) in [7, 11) is 0. The number of ether oxygens (including phenoxy) is 1. The highest BCUT2D eigenvalue weighted by Crippen LogP contribution is 2.10. The number of nitrogens with zero attached hydrogens (tertiary/aromatic N) is 1. The normalized spacial score (nSPS) is 12.0. The zero-order valence-corrected chi connectivity index (χ0v) is 13.5. The minimum Gasteiger partial charge on any atom is -0.459 e. The highest BCUT2D eigenvalue weighted by molar-refractivity contribution is 6.29. The fourth-order valence-electron chi connectivity index (χ4n) is 1.85. The Labute approximate surface area is 138 Å². The summed E-state index contributed by atoms with van der Waals surface area (Å²) in [5.41, 5.74) is 0.711. The molecule has 1 atom stereocenters. The van der Waals surface area contributed by atoms with Crippen molar-refractivity contribution in [3.8, 4) is 0 Å². The van der Waals surface area contributed by atoms with Gasteiger partial charge in [-0.2, -0.15) is 0 Å². The van der Waals surface area contributed by atoms with E-state index in [2.05, 4.69) is 10.3 Å². The Bertz CT molecular complexity index is 653. The van der Waals surface area contributed by atoms with Crippen molar-refractivity contribution in [3.63, 3.8) is 0 Å². The van der Waals surface area contributed by atoms with Gasteiger partial charge in [-0.05, 0) is 24.1 Å². The smallest absolute Gasteiger partial charge is 0.329 e. The van der Waals surface area contributed by atoms with Gasteiger partial charge in [0, 0.05) is 11.8 Å². The Morgan fingerprint density at radius 1 is 1.35 bits per heavy atom. The van der Waals surface area contributed by atoms with Gasteiger partial charge in [0.05, 0.1) is 6.26 Å². The molecule has 1 N–H and O–H groups in total. The van der Waals surface area contributed by atoms with E-state index < -0.39 is 17.9 Å². The van der Waals surface area contributed by atoms with Crippen molar-refractivity contribution in [1.82, 2.24) is 10.3 Å². The van der Waals surface area contributed by atoms with E-state index in [0.717, 1.165) is 0 Å². The molecule has 122 valence electrons. The quantitative estimate of drug-likeness (QED) is 0.648. The molecule has 0 spiro atoms. The molecule has 0 bridgehead atoms. The number of carbonyl (C=O) groups excluding carboxylic acids is 2. The van der Waals surface area contributed by atoms with Crippen LogP contribution in [-0.2, 0) is 16.1 Å². The van der Waals surface area contributed by atoms with Crippen molar-refractivity contribution in [2.24, 2.45) is 5.92 Å². The number of pyridine rings is 1. The van der Waals surface area contributed by atoms with Crippen molar-refractivity contribution in [1.29, 1.82) is 0 Å². The van der Waals surface area contributed by atoms with Crippen LogP contribution < -0.4 is 5.32 Å². The van der Waals surface area contributed by atoms with Crippen LogP contribution in [0, 0.1) is 5.92 Å². The molecule has 0 aliphatic rings. The van der Waals surface area contributed by atoms with Gasteiger partial charge < -0.3 is 14.5 Å². The number of rotatable bonds is 6. The van der Waals surface area contributed by atoms with Crippen molar-refractivity contribution in [3.05, 3.63) is 53.2 Å². The summed E-state index contributed by atoms with van der Waals surface area (Å²) in [6.07, 6.45) is 2.92. The van der Waals surface area contributed by atoms with Crippen molar-refractivity contribution in [2.45, 2.75) is 26.5 Å². The second-order valence-electron chi connectivity index (χ2n) is 5.27. The number of furan rings is 1. The molecule has 2 aromatic heterocycles. The molecule has 6 nitrogen and oxygen atoms in total. The van der Waals surface area contributed by atoms with Crippen LogP contribution in [-0.4, -0.2) is 22.9 Å². The van der Waals surface area contributed by atoms with Crippen molar-refractivity contribution < 1.29 is 18.7 Å². The molecule has 0 unspecified atom stereocenters. The van der Waals surface area contributed by atoms with E-state index in [0.29, 0.717) is 10.7 Å². The van der Waals surface area contributed by atoms with E-state index in [1.807, 2.05) is 13.8 Å². The first-order valence-electron chi connectivity index (χ1n) is 7.09. The van der Waals surface area contributed by atoms with Crippen LogP contribution >= 0.6 is 11.6 Å². The molecule has 0 saturated heterocycles. The molecule has 0 fully saturated rings. The molecule has 23 heavy (non-hydrogen) atoms. The number of amides is 1. The van der Waals surface area contributed by atoms with Crippen molar-refractivity contribution >= 4 is 23.5 Å². The summed E-state index contributed by atoms with van der Waals surface area (Å²) in [6, 6.07) is 5.69. The van der Waals surface area contributed by atoms with E-state index in [4.69, 9.17) is 20.8 Å². The van der Waals surface area contributed by atoms with Crippen LogP contribution in [0.15, 0.2) is 41.1 Å². The molecule has 0 aliphatic carbocycles. The first-order valence-corrected chi connectivity index (χ1v) is 7.46. The lowest BCUT2D eigenvalue weighted by atomic mass is 10.0. The topological polar surface area (TPSA) is 81.4 Å². The minimum atomic E-state index is -0.771. The summed E-state index contributed by atoms with van der Waals surface area (Å²) in [4.78, 5) is 28.1. The third-order valence-electron chi connectivity index (χ3n) is 3.12. The number of hydrogen-bond acceptors (Lipinski definition) is 5. The summed E-state index contributed by atoms with van der Waals surface area (Å²) < 4.78 is 10.3. The maximum atomic E-state index is 12.2. The van der Waals surface area contributed by atoms with Gasteiger partial charge in [-0.15, -0.1) is 0 Å². The monoisotopic (exact) mass is 336 g/mol. The van der Waals surface area contributed by atoms with Gasteiger partial charge in [0.2, 0.25) is 0 Å². The third-order valence-corrected chi connectivity index (χ3v) is 3.35. The number of halogens is 1. The van der Waals surface area contributed by atoms with E-state index >= 15 is 0 Å². The highest BCUT2D eigenvalue weighted by atomic mass is 35.5. The fraction of sp³-hybridized carbons (Fsp3) is 0.312. The van der Waals surface area contributed by atoms with Gasteiger partial charge in [0.1, 0.15) is 17.8 Å². The summed E-state index contributed by atoms with van der Waals surface area (Å²) in [5, 5.41) is 2.99. The van der Waals surface area contributed by atoms with Gasteiger partial charge in [0.25, 0.3) is 5.91 Å². The Morgan fingerprint density at radius 2 is 2.13 bits per heavy atom. The number of aromatic nitrogens is 1. The lowest BCUT2D eigenvalue weighted by Gasteiger charge is -2.20. The van der Waals surface area contributed by atoms with Gasteiger partial charge in [0.15, 0.2) is 5.76 Å². The van der Waals surface area contributed by atoms with Gasteiger partial charge in [-0.25, -0.2) is 9.78 Å². The predicted octanol–water partition coefficient (Wildman–Crippen LogP) is 2.83. The van der Waals surface area contributed by atoms with Crippen LogP contribution in [0.1, 0.15) is 30.0 Å². The van der Waals surface area contributed by atoms with Gasteiger partial charge in [-0.1, -0.05) is 31.5 Å². The van der Waals surface area contributed by atoms with E-state index in [1.165, 1.54) is 18.5 Å². The fourth-order valence-corrected chi connectivity index (χ4v) is 1.97. The largest absolute Gasteiger partial charge is 0.459 e. The van der Waals surface area contributed by atoms with Crippen LogP contribution in [0.25, 0.3) is 0 Å². The standard InChI is InChI=1S/C16H17ClN2O4/c1-10(2)14(19-15(20)12-4-3-7-22-12)16(21)23-9-11-5-6-13(17)18-8-11/h3-8,10,14H,9H2,1-2H3,(H,19,20)/t14-/m0/s1. The molecule has 0 aromatic carbocycles. The zero-order valence-electron chi connectivity index (χ0n) is 12.8. The van der Waals surface area contributed by atoms with Crippen LogP contribution in [0.5, 0.6) is 0 Å². The molecule has 0 aliphatic heterocycles. The van der Waals surface area contributed by atoms with E-state index in [1.54, 1.807) is 18.2 Å². The third kappa shape index (κ3) is 4.82. The second kappa shape index (κ2) is 7.78. The lowest BCUT2D eigenvalue weighted by Crippen LogP contribution is -2.45. The predicted molar refractivity (Wildman–Crippen MR) is 83.8 cm³/mol. The maximum Gasteiger partial charge on any atom is 0.329 e. The number of hydrogen-bond donors (Lipinski definition) is 1. The summed E-state index contributed by atoms with van der Waals surface area (Å²) in [5.74, 6) is -0.969. The Morgan fingerprint density at radius 3 is 2.70 bits per heavy atom. The van der Waals surface area contributed by atoms with Crippen LogP contribution in [0.3, 0.4) is 0 Å². The average molecular weight is 337 g/mol. The highest BCUT2D eigenvalue weighted by Gasteiger charge is 2.27. The minimum absolute atomic E-state index is 0.0584. The molecular weight excluding hydrogens is 320 g/mol. The first-order chi connectivity index (χ1) is 11.0. The number of carbonyl (C=O) groups is 2. The SMILES string of the molecule is CC(C)[C@H](NC(=O)c1ccco1)C(=O)OCc1ccc(Cl)nc1. The van der Waals surface area contributed by atoms with Gasteiger partial charge >= 0.3 is 5.97 Å². The molecule has 0 saturated carbocycles. The molecular formula is C16H17ClN2O4. The molecule has 2 heterocycles. The molecule has 0 radical (unpaired) electrons. The Hall–Kier alpha value is -2.34. The van der Waals surface area contributed by atoms with Crippen LogP contribution in [0.2, 0.25) is 5.15 Å². The number of esters is 1. The van der Waals surface area contributed by atoms with E-state index in [9.17, 15) is 9.59 Å². The molecule has 1 amide bonds. The number of nitrogens with one attached hydrogen (secondary N) is 1. The summed E-state index contributed by atoms with van der Waals surface area (Å²) >= 11 is 5.70. The van der Waals surface area contributed by atoms with Crippen molar-refractivity contribution in [2.75, 3.05) is 0 Å². The zero-order chi connectivity index (χ0) is 16.8. The Balaban J connectivity index is 1.95. The first kappa shape index (κ1) is 17.0.